The van der Waals surface area contributed by atoms with Gasteiger partial charge in [0.25, 0.3) is 5.91 Å². The summed E-state index contributed by atoms with van der Waals surface area (Å²) in [5.74, 6) is -0.840. The van der Waals surface area contributed by atoms with Gasteiger partial charge in [-0.25, -0.2) is 4.98 Å². The van der Waals surface area contributed by atoms with E-state index in [1.54, 1.807) is 11.1 Å². The number of nitrogens with one attached hydrogen (secondary N) is 1. The average molecular weight is 476 g/mol. The lowest BCUT2D eigenvalue weighted by Gasteiger charge is -2.33. The van der Waals surface area contributed by atoms with Crippen LogP contribution in [0.1, 0.15) is 60.1 Å². The molecule has 0 unspecified atom stereocenters. The molecular weight excluding hydrogens is 442 g/mol. The van der Waals surface area contributed by atoms with Crippen LogP contribution in [0.3, 0.4) is 0 Å². The van der Waals surface area contributed by atoms with Gasteiger partial charge in [-0.2, -0.15) is 0 Å². The minimum absolute atomic E-state index is 0.0480. The highest BCUT2D eigenvalue weighted by Crippen LogP contribution is 2.38. The van der Waals surface area contributed by atoms with E-state index < -0.39 is 5.92 Å². The highest BCUT2D eigenvalue weighted by Gasteiger charge is 2.47. The van der Waals surface area contributed by atoms with E-state index in [0.717, 1.165) is 32.1 Å². The van der Waals surface area contributed by atoms with E-state index in [0.29, 0.717) is 39.0 Å². The van der Waals surface area contributed by atoms with Crippen molar-refractivity contribution in [3.8, 4) is 0 Å². The minimum Gasteiger partial charge on any atom is -0.356 e. The van der Waals surface area contributed by atoms with Crippen LogP contribution in [0.4, 0.5) is 0 Å². The molecule has 2 aliphatic heterocycles. The minimum atomic E-state index is -0.403. The Kier molecular flexibility index (Phi) is 7.06. The fraction of sp³-hybridized carbons (Fsp3) is 0.519. The van der Waals surface area contributed by atoms with Crippen molar-refractivity contribution in [2.75, 3.05) is 19.6 Å². The first kappa shape index (κ1) is 23.5. The first-order chi connectivity index (χ1) is 17.1. The quantitative estimate of drug-likeness (QED) is 0.720. The van der Waals surface area contributed by atoms with Crippen LogP contribution in [0.5, 0.6) is 0 Å². The van der Waals surface area contributed by atoms with Gasteiger partial charge in [-0.15, -0.1) is 0 Å². The zero-order valence-corrected chi connectivity index (χ0v) is 20.1. The number of aromatic nitrogens is 2. The van der Waals surface area contributed by atoms with Crippen LogP contribution in [-0.2, 0) is 22.6 Å². The summed E-state index contributed by atoms with van der Waals surface area (Å²) in [6.07, 6.45) is 10.2. The Morgan fingerprint density at radius 1 is 0.971 bits per heavy atom. The standard InChI is InChI=1S/C27H33N5O3/c33-25-22-15-21(26(34)31-14-9-19-7-3-4-8-20(19)18-31)16-24(22)32(13-6-2-1-5-10-30-25)27(35)23-17-28-11-12-29-23/h3-4,7-8,11-12,17,21-22,24H,1-2,5-6,9-10,13-16,18H2,(H,30,33)/t21-,22-,24+/m1/s1. The third kappa shape index (κ3) is 5.06. The van der Waals surface area contributed by atoms with Crippen molar-refractivity contribution in [2.45, 2.75) is 57.5 Å². The van der Waals surface area contributed by atoms with Gasteiger partial charge < -0.3 is 15.1 Å². The van der Waals surface area contributed by atoms with Crippen LogP contribution in [0.25, 0.3) is 0 Å². The van der Waals surface area contributed by atoms with Crippen molar-refractivity contribution < 1.29 is 14.4 Å². The highest BCUT2D eigenvalue weighted by atomic mass is 16.2. The summed E-state index contributed by atoms with van der Waals surface area (Å²) < 4.78 is 0. The Morgan fingerprint density at radius 3 is 2.63 bits per heavy atom. The number of amides is 3. The Morgan fingerprint density at radius 2 is 1.80 bits per heavy atom. The summed E-state index contributed by atoms with van der Waals surface area (Å²) >= 11 is 0. The van der Waals surface area contributed by atoms with Gasteiger partial charge in [-0.3, -0.25) is 19.4 Å². The summed E-state index contributed by atoms with van der Waals surface area (Å²) in [5, 5.41) is 3.07. The molecule has 3 amide bonds. The molecule has 0 bridgehead atoms. The second kappa shape index (κ2) is 10.5. The maximum Gasteiger partial charge on any atom is 0.274 e. The Bertz CT molecular complexity index is 1080. The molecule has 1 saturated carbocycles. The maximum absolute atomic E-state index is 13.6. The predicted octanol–water partition coefficient (Wildman–Crippen LogP) is 2.59. The fourth-order valence-corrected chi connectivity index (χ4v) is 5.86. The first-order valence-electron chi connectivity index (χ1n) is 12.8. The molecule has 3 heterocycles. The Hall–Kier alpha value is -3.29. The van der Waals surface area contributed by atoms with Gasteiger partial charge in [0.05, 0.1) is 12.1 Å². The van der Waals surface area contributed by atoms with Crippen LogP contribution in [0, 0.1) is 11.8 Å². The van der Waals surface area contributed by atoms with E-state index in [1.165, 1.54) is 23.5 Å². The molecule has 0 spiro atoms. The van der Waals surface area contributed by atoms with Gasteiger partial charge in [-0.1, -0.05) is 37.1 Å². The summed E-state index contributed by atoms with van der Waals surface area (Å²) in [6, 6.07) is 7.94. The molecule has 1 aliphatic carbocycles. The monoisotopic (exact) mass is 475 g/mol. The third-order valence-electron chi connectivity index (χ3n) is 7.73. The first-order valence-corrected chi connectivity index (χ1v) is 12.8. The molecule has 184 valence electrons. The number of nitrogens with zero attached hydrogens (tertiary/aromatic N) is 4. The third-order valence-corrected chi connectivity index (χ3v) is 7.73. The maximum atomic E-state index is 13.6. The molecule has 2 fully saturated rings. The molecule has 5 rings (SSSR count). The zero-order chi connectivity index (χ0) is 24.2. The van der Waals surface area contributed by atoms with E-state index in [-0.39, 0.29) is 35.4 Å². The number of rotatable bonds is 2. The largest absolute Gasteiger partial charge is 0.356 e. The lowest BCUT2D eigenvalue weighted by molar-refractivity contribution is -0.136. The molecule has 8 heteroatoms. The van der Waals surface area contributed by atoms with Gasteiger partial charge in [0, 0.05) is 50.5 Å². The van der Waals surface area contributed by atoms with Gasteiger partial charge in [0.2, 0.25) is 11.8 Å². The SMILES string of the molecule is O=C1NCCCCCCN(C(=O)c2cnccn2)[C@H]2C[C@H](C(=O)N3CCc4ccccc4C3)C[C@@H]12. The molecule has 3 aliphatic rings. The van der Waals surface area contributed by atoms with Crippen LogP contribution < -0.4 is 5.32 Å². The second-order valence-corrected chi connectivity index (χ2v) is 9.92. The smallest absolute Gasteiger partial charge is 0.274 e. The highest BCUT2D eigenvalue weighted by molar-refractivity contribution is 5.93. The van der Waals surface area contributed by atoms with Crippen molar-refractivity contribution in [3.05, 3.63) is 59.7 Å². The molecule has 1 saturated heterocycles. The predicted molar refractivity (Wildman–Crippen MR) is 130 cm³/mol. The number of benzene rings is 1. The van der Waals surface area contributed by atoms with E-state index >= 15 is 0 Å². The summed E-state index contributed by atoms with van der Waals surface area (Å²) in [7, 11) is 0. The van der Waals surface area contributed by atoms with Crippen LogP contribution >= 0.6 is 0 Å². The molecule has 35 heavy (non-hydrogen) atoms. The van der Waals surface area contributed by atoms with E-state index in [9.17, 15) is 14.4 Å². The molecule has 1 aromatic heterocycles. The van der Waals surface area contributed by atoms with Crippen molar-refractivity contribution in [2.24, 2.45) is 11.8 Å². The second-order valence-electron chi connectivity index (χ2n) is 9.92. The summed E-state index contributed by atoms with van der Waals surface area (Å²) in [4.78, 5) is 52.4. The summed E-state index contributed by atoms with van der Waals surface area (Å²) in [6.45, 7) is 2.49. The lowest BCUT2D eigenvalue weighted by atomic mass is 9.97. The fourth-order valence-electron chi connectivity index (χ4n) is 5.86. The Labute approximate surface area is 206 Å². The van der Waals surface area contributed by atoms with Gasteiger partial charge >= 0.3 is 0 Å². The molecular formula is C27H33N5O3. The average Bonchev–Trinajstić information content (AvgIpc) is 3.33. The molecule has 1 N–H and O–H groups in total. The normalized spacial score (nSPS) is 25.1. The zero-order valence-electron chi connectivity index (χ0n) is 20.1. The number of carbonyl (C=O) groups excluding carboxylic acids is 3. The van der Waals surface area contributed by atoms with Crippen LogP contribution in [-0.4, -0.2) is 63.2 Å². The van der Waals surface area contributed by atoms with Crippen molar-refractivity contribution in [1.29, 1.82) is 0 Å². The number of hydrogen-bond donors (Lipinski definition) is 1. The van der Waals surface area contributed by atoms with Crippen LogP contribution in [0.2, 0.25) is 0 Å². The van der Waals surface area contributed by atoms with E-state index in [1.807, 2.05) is 17.0 Å². The van der Waals surface area contributed by atoms with Gasteiger partial charge in [-0.05, 0) is 43.2 Å². The van der Waals surface area contributed by atoms with Crippen molar-refractivity contribution in [3.63, 3.8) is 0 Å². The molecule has 0 radical (unpaired) electrons. The van der Waals surface area contributed by atoms with Gasteiger partial charge in [0.15, 0.2) is 0 Å². The van der Waals surface area contributed by atoms with Crippen molar-refractivity contribution >= 4 is 17.7 Å². The number of hydrogen-bond acceptors (Lipinski definition) is 5. The van der Waals surface area contributed by atoms with Crippen molar-refractivity contribution in [1.82, 2.24) is 25.1 Å². The lowest BCUT2D eigenvalue weighted by Crippen LogP contribution is -2.47. The van der Waals surface area contributed by atoms with E-state index in [2.05, 4.69) is 27.4 Å². The van der Waals surface area contributed by atoms with E-state index in [4.69, 9.17) is 0 Å². The Balaban J connectivity index is 1.39. The molecule has 2 aromatic rings. The van der Waals surface area contributed by atoms with Gasteiger partial charge in [0.1, 0.15) is 5.69 Å². The molecule has 1 aromatic carbocycles. The topological polar surface area (TPSA) is 95.5 Å². The molecule has 8 nitrogen and oxygen atoms in total. The molecule has 3 atom stereocenters. The number of fused-ring (bicyclic) bond motifs is 2. The number of carbonyl (C=O) groups is 3. The summed E-state index contributed by atoms with van der Waals surface area (Å²) in [5.41, 5.74) is 2.77. The van der Waals surface area contributed by atoms with Crippen LogP contribution in [0.15, 0.2) is 42.9 Å².